The number of hydrogen-bond donors (Lipinski definition) is 0. The van der Waals surface area contributed by atoms with Gasteiger partial charge in [-0.15, -0.1) is 10.2 Å². The Hall–Kier alpha value is -3.62. The second-order valence-electron chi connectivity index (χ2n) is 7.15. The summed E-state index contributed by atoms with van der Waals surface area (Å²) in [7, 11) is 0. The Balaban J connectivity index is 1.47. The molecule has 0 amide bonds. The van der Waals surface area contributed by atoms with Crippen LogP contribution < -0.4 is 0 Å². The van der Waals surface area contributed by atoms with Crippen LogP contribution in [0.5, 0.6) is 0 Å². The van der Waals surface area contributed by atoms with Gasteiger partial charge in [-0.3, -0.25) is 14.9 Å². The maximum absolute atomic E-state index is 14.4. The predicted molar refractivity (Wildman–Crippen MR) is 103 cm³/mol. The molecule has 2 aromatic carbocycles. The molecular formula is C21H18FN3O5. The topological polar surface area (TPSA) is 108 Å². The van der Waals surface area contributed by atoms with Crippen molar-refractivity contribution in [2.24, 2.45) is 0 Å². The summed E-state index contributed by atoms with van der Waals surface area (Å²) in [4.78, 5) is 23.2. The molecule has 1 aliphatic rings. The number of non-ortho nitro benzene ring substituents is 1. The number of nitro benzene ring substituents is 1. The number of benzene rings is 2. The van der Waals surface area contributed by atoms with Gasteiger partial charge in [-0.1, -0.05) is 31.0 Å². The van der Waals surface area contributed by atoms with Crippen LogP contribution in [0.25, 0.3) is 11.5 Å². The standard InChI is InChI=1S/C21H18FN3O5/c22-17-6-2-1-5-16(17)21(11-3-4-12-21)20(26)29-13-18-23-24-19(30-18)14-7-9-15(10-8-14)25(27)28/h1-2,5-10H,3-4,11-13H2. The molecule has 0 spiro atoms. The van der Waals surface area contributed by atoms with Gasteiger partial charge < -0.3 is 9.15 Å². The maximum atomic E-state index is 14.4. The summed E-state index contributed by atoms with van der Waals surface area (Å²) >= 11 is 0. The van der Waals surface area contributed by atoms with Crippen LogP contribution in [0, 0.1) is 15.9 Å². The van der Waals surface area contributed by atoms with Crippen molar-refractivity contribution in [1.82, 2.24) is 10.2 Å². The highest BCUT2D eigenvalue weighted by atomic mass is 19.1. The zero-order valence-corrected chi connectivity index (χ0v) is 15.9. The third-order valence-corrected chi connectivity index (χ3v) is 5.36. The first-order valence-electron chi connectivity index (χ1n) is 9.49. The fraction of sp³-hybridized carbons (Fsp3) is 0.286. The van der Waals surface area contributed by atoms with Gasteiger partial charge in [-0.2, -0.15) is 0 Å². The van der Waals surface area contributed by atoms with Crippen LogP contribution in [0.4, 0.5) is 10.1 Å². The molecule has 0 bridgehead atoms. The molecule has 0 N–H and O–H groups in total. The fourth-order valence-electron chi connectivity index (χ4n) is 3.83. The molecule has 1 saturated carbocycles. The van der Waals surface area contributed by atoms with Crippen LogP contribution in [0.2, 0.25) is 0 Å². The molecule has 0 unspecified atom stereocenters. The molecule has 0 radical (unpaired) electrons. The van der Waals surface area contributed by atoms with Gasteiger partial charge in [0.1, 0.15) is 5.82 Å². The summed E-state index contributed by atoms with van der Waals surface area (Å²) < 4.78 is 25.3. The summed E-state index contributed by atoms with van der Waals surface area (Å²) in [6.07, 6.45) is 2.66. The molecular weight excluding hydrogens is 393 g/mol. The van der Waals surface area contributed by atoms with Crippen molar-refractivity contribution >= 4 is 11.7 Å². The first-order chi connectivity index (χ1) is 14.5. The van der Waals surface area contributed by atoms with Crippen molar-refractivity contribution in [1.29, 1.82) is 0 Å². The lowest BCUT2D eigenvalue weighted by molar-refractivity contribution is -0.384. The Labute approximate surface area is 170 Å². The highest BCUT2D eigenvalue weighted by molar-refractivity contribution is 5.83. The molecule has 0 aliphatic heterocycles. The monoisotopic (exact) mass is 411 g/mol. The zero-order valence-electron chi connectivity index (χ0n) is 15.9. The molecule has 3 aromatic rings. The largest absolute Gasteiger partial charge is 0.455 e. The Morgan fingerprint density at radius 3 is 2.50 bits per heavy atom. The van der Waals surface area contributed by atoms with Gasteiger partial charge in [0.25, 0.3) is 11.6 Å². The summed E-state index contributed by atoms with van der Waals surface area (Å²) in [6.45, 7) is -0.241. The van der Waals surface area contributed by atoms with Gasteiger partial charge in [-0.25, -0.2) is 4.39 Å². The molecule has 1 aliphatic carbocycles. The van der Waals surface area contributed by atoms with E-state index in [0.717, 1.165) is 12.8 Å². The van der Waals surface area contributed by atoms with Crippen LogP contribution in [0.3, 0.4) is 0 Å². The van der Waals surface area contributed by atoms with Gasteiger partial charge in [0.2, 0.25) is 5.89 Å². The summed E-state index contributed by atoms with van der Waals surface area (Å²) in [5, 5.41) is 18.5. The smallest absolute Gasteiger partial charge is 0.317 e. The van der Waals surface area contributed by atoms with Crippen molar-refractivity contribution in [3.63, 3.8) is 0 Å². The lowest BCUT2D eigenvalue weighted by atomic mass is 9.78. The van der Waals surface area contributed by atoms with E-state index in [4.69, 9.17) is 9.15 Å². The van der Waals surface area contributed by atoms with E-state index in [1.165, 1.54) is 30.3 Å². The minimum absolute atomic E-state index is 0.0533. The molecule has 0 atom stereocenters. The number of carbonyl (C=O) groups excluding carboxylic acids is 1. The highest BCUT2D eigenvalue weighted by Crippen LogP contribution is 2.43. The molecule has 8 nitrogen and oxygen atoms in total. The average Bonchev–Trinajstić information content (AvgIpc) is 3.43. The van der Waals surface area contributed by atoms with Crippen LogP contribution in [0.1, 0.15) is 37.1 Å². The van der Waals surface area contributed by atoms with Crippen LogP contribution in [0.15, 0.2) is 52.9 Å². The number of aromatic nitrogens is 2. The summed E-state index contributed by atoms with van der Waals surface area (Å²) in [5.74, 6) is -0.700. The van der Waals surface area contributed by atoms with E-state index in [1.54, 1.807) is 18.2 Å². The normalized spacial score (nSPS) is 15.1. The van der Waals surface area contributed by atoms with Crippen molar-refractivity contribution < 1.29 is 23.3 Å². The highest BCUT2D eigenvalue weighted by Gasteiger charge is 2.45. The quantitative estimate of drug-likeness (QED) is 0.337. The average molecular weight is 411 g/mol. The van der Waals surface area contributed by atoms with Gasteiger partial charge in [0.05, 0.1) is 10.3 Å². The number of hydrogen-bond acceptors (Lipinski definition) is 7. The number of carbonyl (C=O) groups is 1. The number of ether oxygens (including phenoxy) is 1. The first kappa shape index (κ1) is 19.7. The van der Waals surface area contributed by atoms with E-state index in [0.29, 0.717) is 24.0 Å². The second kappa shape index (κ2) is 8.02. The molecule has 9 heteroatoms. The van der Waals surface area contributed by atoms with Crippen molar-refractivity contribution in [3.05, 3.63) is 75.9 Å². The summed E-state index contributed by atoms with van der Waals surface area (Å²) in [5.41, 5.74) is -0.205. The van der Waals surface area contributed by atoms with E-state index in [-0.39, 0.29) is 24.1 Å². The molecule has 1 heterocycles. The first-order valence-corrected chi connectivity index (χ1v) is 9.49. The molecule has 154 valence electrons. The lowest BCUT2D eigenvalue weighted by Crippen LogP contribution is -2.35. The SMILES string of the molecule is O=C(OCc1nnc(-c2ccc([N+](=O)[O-])cc2)o1)C1(c2ccccc2F)CCCC1. The minimum Gasteiger partial charge on any atom is -0.455 e. The van der Waals surface area contributed by atoms with Gasteiger partial charge >= 0.3 is 5.97 Å². The Kier molecular flexibility index (Phi) is 5.26. The Bertz CT molecular complexity index is 1070. The number of rotatable bonds is 6. The number of nitrogens with zero attached hydrogens (tertiary/aromatic N) is 3. The lowest BCUT2D eigenvalue weighted by Gasteiger charge is -2.27. The van der Waals surface area contributed by atoms with Crippen LogP contribution >= 0.6 is 0 Å². The number of esters is 1. The van der Waals surface area contributed by atoms with Crippen LogP contribution in [-0.4, -0.2) is 21.1 Å². The van der Waals surface area contributed by atoms with Crippen LogP contribution in [-0.2, 0) is 21.6 Å². The van der Waals surface area contributed by atoms with Gasteiger partial charge in [0.15, 0.2) is 6.61 Å². The second-order valence-corrected chi connectivity index (χ2v) is 7.15. The van der Waals surface area contributed by atoms with E-state index in [2.05, 4.69) is 10.2 Å². The fourth-order valence-corrected chi connectivity index (χ4v) is 3.83. The Morgan fingerprint density at radius 1 is 1.13 bits per heavy atom. The number of nitro groups is 1. The predicted octanol–water partition coefficient (Wildman–Crippen LogP) is 4.34. The third-order valence-electron chi connectivity index (χ3n) is 5.36. The zero-order chi connectivity index (χ0) is 21.1. The third kappa shape index (κ3) is 3.66. The van der Waals surface area contributed by atoms with Crippen molar-refractivity contribution in [2.45, 2.75) is 37.7 Å². The molecule has 0 saturated heterocycles. The van der Waals surface area contributed by atoms with Gasteiger partial charge in [-0.05, 0) is 31.0 Å². The number of halogens is 1. The Morgan fingerprint density at radius 2 is 1.83 bits per heavy atom. The van der Waals surface area contributed by atoms with E-state index < -0.39 is 22.1 Å². The van der Waals surface area contributed by atoms with Crippen molar-refractivity contribution in [3.8, 4) is 11.5 Å². The van der Waals surface area contributed by atoms with E-state index >= 15 is 0 Å². The maximum Gasteiger partial charge on any atom is 0.317 e. The molecule has 1 aromatic heterocycles. The van der Waals surface area contributed by atoms with E-state index in [1.807, 2.05) is 0 Å². The molecule has 4 rings (SSSR count). The van der Waals surface area contributed by atoms with Crippen molar-refractivity contribution in [2.75, 3.05) is 0 Å². The minimum atomic E-state index is -1.01. The molecule has 1 fully saturated rings. The molecule has 30 heavy (non-hydrogen) atoms. The van der Waals surface area contributed by atoms with E-state index in [9.17, 15) is 19.3 Å². The van der Waals surface area contributed by atoms with Gasteiger partial charge in [0, 0.05) is 23.3 Å². The summed E-state index contributed by atoms with van der Waals surface area (Å²) in [6, 6.07) is 11.9.